The van der Waals surface area contributed by atoms with Crippen molar-refractivity contribution in [1.82, 2.24) is 10.3 Å². The average Bonchev–Trinajstić information content (AvgIpc) is 2.86. The van der Waals surface area contributed by atoms with Crippen molar-refractivity contribution in [2.45, 2.75) is 19.8 Å². The van der Waals surface area contributed by atoms with E-state index in [9.17, 15) is 8.78 Å². The Labute approximate surface area is 110 Å². The molecule has 1 aromatic carbocycles. The van der Waals surface area contributed by atoms with Gasteiger partial charge in [0.05, 0.1) is 11.8 Å². The third kappa shape index (κ3) is 3.61. The lowest BCUT2D eigenvalue weighted by atomic mass is 10.2. The molecule has 0 bridgehead atoms. The quantitative estimate of drug-likeness (QED) is 0.816. The van der Waals surface area contributed by atoms with Gasteiger partial charge in [-0.15, -0.1) is 0 Å². The van der Waals surface area contributed by atoms with Crippen LogP contribution >= 0.6 is 0 Å². The smallest absolute Gasteiger partial charge is 0.196 e. The minimum absolute atomic E-state index is 0.0975. The summed E-state index contributed by atoms with van der Waals surface area (Å²) in [5.74, 6) is -0.253. The molecule has 5 heteroatoms. The molecule has 0 aliphatic carbocycles. The van der Waals surface area contributed by atoms with Crippen LogP contribution in [0.25, 0.3) is 11.3 Å². The molecule has 0 spiro atoms. The average molecular weight is 266 g/mol. The van der Waals surface area contributed by atoms with Crippen molar-refractivity contribution < 1.29 is 13.2 Å². The van der Waals surface area contributed by atoms with Gasteiger partial charge in [-0.05, 0) is 31.2 Å². The summed E-state index contributed by atoms with van der Waals surface area (Å²) in [5, 5.41) is 3.22. The Balaban J connectivity index is 2.06. The summed E-state index contributed by atoms with van der Waals surface area (Å²) in [6.45, 7) is 3.77. The van der Waals surface area contributed by atoms with E-state index < -0.39 is 11.6 Å². The lowest BCUT2D eigenvalue weighted by Crippen LogP contribution is -2.17. The molecular formula is C14H16F2N2O. The van der Waals surface area contributed by atoms with Crippen LogP contribution in [0.4, 0.5) is 8.78 Å². The zero-order valence-corrected chi connectivity index (χ0v) is 10.7. The standard InChI is InChI=1S/C14H16F2N2O/c1-2-6-17-7-5-14-18-9-13(19-14)11-8-10(15)3-4-12(11)16/h3-4,8-9,17H,2,5-7H2,1H3. The molecule has 19 heavy (non-hydrogen) atoms. The zero-order valence-electron chi connectivity index (χ0n) is 10.7. The first-order chi connectivity index (χ1) is 9.20. The van der Waals surface area contributed by atoms with Crippen LogP contribution in [-0.4, -0.2) is 18.1 Å². The van der Waals surface area contributed by atoms with Gasteiger partial charge >= 0.3 is 0 Å². The molecule has 0 saturated heterocycles. The molecule has 2 aromatic rings. The van der Waals surface area contributed by atoms with Gasteiger partial charge in [0.1, 0.15) is 11.6 Å². The van der Waals surface area contributed by atoms with Crippen LogP contribution in [-0.2, 0) is 6.42 Å². The summed E-state index contributed by atoms with van der Waals surface area (Å²) in [6, 6.07) is 3.26. The number of rotatable bonds is 6. The molecule has 102 valence electrons. The van der Waals surface area contributed by atoms with Crippen molar-refractivity contribution in [2.24, 2.45) is 0 Å². The first kappa shape index (κ1) is 13.7. The van der Waals surface area contributed by atoms with E-state index in [0.717, 1.165) is 37.7 Å². The number of nitrogens with zero attached hydrogens (tertiary/aromatic N) is 1. The number of aromatic nitrogens is 1. The van der Waals surface area contributed by atoms with Crippen LogP contribution in [0.15, 0.2) is 28.8 Å². The van der Waals surface area contributed by atoms with Crippen LogP contribution < -0.4 is 5.32 Å². The summed E-state index contributed by atoms with van der Waals surface area (Å²) in [5.41, 5.74) is 0.0975. The number of hydrogen-bond acceptors (Lipinski definition) is 3. The predicted octanol–water partition coefficient (Wildman–Crippen LogP) is 3.16. The Morgan fingerprint density at radius 1 is 1.26 bits per heavy atom. The maximum absolute atomic E-state index is 13.6. The van der Waals surface area contributed by atoms with Gasteiger partial charge in [-0.1, -0.05) is 6.92 Å². The summed E-state index contributed by atoms with van der Waals surface area (Å²) >= 11 is 0. The van der Waals surface area contributed by atoms with E-state index in [1.165, 1.54) is 6.20 Å². The number of hydrogen-bond donors (Lipinski definition) is 1. The molecule has 1 N–H and O–H groups in total. The number of benzene rings is 1. The van der Waals surface area contributed by atoms with Crippen molar-refractivity contribution in [3.8, 4) is 11.3 Å². The van der Waals surface area contributed by atoms with Gasteiger partial charge in [-0.2, -0.15) is 0 Å². The highest BCUT2D eigenvalue weighted by Gasteiger charge is 2.11. The fourth-order valence-corrected chi connectivity index (χ4v) is 1.73. The van der Waals surface area contributed by atoms with Crippen LogP contribution in [0.3, 0.4) is 0 Å². The monoisotopic (exact) mass is 266 g/mol. The molecule has 0 aliphatic rings. The molecule has 0 aliphatic heterocycles. The van der Waals surface area contributed by atoms with E-state index in [0.29, 0.717) is 12.3 Å². The van der Waals surface area contributed by atoms with Crippen LogP contribution in [0.5, 0.6) is 0 Å². The highest BCUT2D eigenvalue weighted by atomic mass is 19.1. The lowest BCUT2D eigenvalue weighted by Gasteiger charge is -2.00. The van der Waals surface area contributed by atoms with Crippen LogP contribution in [0.1, 0.15) is 19.2 Å². The summed E-state index contributed by atoms with van der Waals surface area (Å²) in [7, 11) is 0. The highest BCUT2D eigenvalue weighted by Crippen LogP contribution is 2.24. The maximum Gasteiger partial charge on any atom is 0.196 e. The van der Waals surface area contributed by atoms with Crippen molar-refractivity contribution in [1.29, 1.82) is 0 Å². The van der Waals surface area contributed by atoms with Gasteiger partial charge in [0.15, 0.2) is 11.7 Å². The molecule has 1 heterocycles. The van der Waals surface area contributed by atoms with Crippen molar-refractivity contribution >= 4 is 0 Å². The fraction of sp³-hybridized carbons (Fsp3) is 0.357. The molecule has 0 fully saturated rings. The van der Waals surface area contributed by atoms with Gasteiger partial charge in [-0.25, -0.2) is 13.8 Å². The Morgan fingerprint density at radius 3 is 2.89 bits per heavy atom. The maximum atomic E-state index is 13.6. The number of nitrogens with one attached hydrogen (secondary N) is 1. The topological polar surface area (TPSA) is 38.1 Å². The normalized spacial score (nSPS) is 10.9. The minimum atomic E-state index is -0.520. The lowest BCUT2D eigenvalue weighted by molar-refractivity contribution is 0.491. The molecule has 0 saturated carbocycles. The van der Waals surface area contributed by atoms with Gasteiger partial charge < -0.3 is 9.73 Å². The highest BCUT2D eigenvalue weighted by molar-refractivity contribution is 5.57. The van der Waals surface area contributed by atoms with E-state index in [4.69, 9.17) is 4.42 Å². The zero-order chi connectivity index (χ0) is 13.7. The minimum Gasteiger partial charge on any atom is -0.441 e. The largest absolute Gasteiger partial charge is 0.441 e. The van der Waals surface area contributed by atoms with Gasteiger partial charge in [0.2, 0.25) is 0 Å². The molecule has 0 unspecified atom stereocenters. The van der Waals surface area contributed by atoms with Crippen molar-refractivity contribution in [3.63, 3.8) is 0 Å². The molecule has 1 aromatic heterocycles. The Morgan fingerprint density at radius 2 is 2.11 bits per heavy atom. The van der Waals surface area contributed by atoms with Crippen molar-refractivity contribution in [3.05, 3.63) is 41.9 Å². The van der Waals surface area contributed by atoms with E-state index in [1.54, 1.807) is 0 Å². The first-order valence-corrected chi connectivity index (χ1v) is 6.31. The third-order valence-electron chi connectivity index (χ3n) is 2.69. The van der Waals surface area contributed by atoms with E-state index in [2.05, 4.69) is 17.2 Å². The first-order valence-electron chi connectivity index (χ1n) is 6.31. The van der Waals surface area contributed by atoms with Gasteiger partial charge in [0.25, 0.3) is 0 Å². The molecule has 3 nitrogen and oxygen atoms in total. The number of oxazole rings is 1. The second-order valence-corrected chi connectivity index (χ2v) is 4.24. The molecule has 0 amide bonds. The van der Waals surface area contributed by atoms with E-state index in [1.807, 2.05) is 0 Å². The van der Waals surface area contributed by atoms with E-state index in [-0.39, 0.29) is 11.3 Å². The summed E-state index contributed by atoms with van der Waals surface area (Å²) in [4.78, 5) is 4.07. The molecule has 0 atom stereocenters. The van der Waals surface area contributed by atoms with E-state index >= 15 is 0 Å². The SMILES string of the molecule is CCCNCCc1ncc(-c2cc(F)ccc2F)o1. The second kappa shape index (κ2) is 6.43. The van der Waals surface area contributed by atoms with Gasteiger partial charge in [0, 0.05) is 13.0 Å². The number of halogens is 2. The summed E-state index contributed by atoms with van der Waals surface area (Å²) < 4.78 is 32.1. The molecule has 0 radical (unpaired) electrons. The van der Waals surface area contributed by atoms with Crippen molar-refractivity contribution in [2.75, 3.05) is 13.1 Å². The predicted molar refractivity (Wildman–Crippen MR) is 68.7 cm³/mol. The van der Waals surface area contributed by atoms with Crippen LogP contribution in [0, 0.1) is 11.6 Å². The molecular weight excluding hydrogens is 250 g/mol. The van der Waals surface area contributed by atoms with Crippen LogP contribution in [0.2, 0.25) is 0 Å². The fourth-order valence-electron chi connectivity index (χ4n) is 1.73. The second-order valence-electron chi connectivity index (χ2n) is 4.24. The Kier molecular flexibility index (Phi) is 4.63. The molecule has 2 rings (SSSR count). The Hall–Kier alpha value is -1.75. The third-order valence-corrected chi connectivity index (χ3v) is 2.69. The summed E-state index contributed by atoms with van der Waals surface area (Å²) in [6.07, 6.45) is 3.11. The Bertz CT molecular complexity index is 540. The van der Waals surface area contributed by atoms with Gasteiger partial charge in [-0.3, -0.25) is 0 Å².